The quantitative estimate of drug-likeness (QED) is 0.682. The summed E-state index contributed by atoms with van der Waals surface area (Å²) in [4.78, 5) is 11.6. The van der Waals surface area contributed by atoms with Crippen molar-refractivity contribution in [1.29, 1.82) is 0 Å². The number of ether oxygens (including phenoxy) is 1. The van der Waals surface area contributed by atoms with E-state index in [2.05, 4.69) is 10.5 Å². The summed E-state index contributed by atoms with van der Waals surface area (Å²) < 4.78 is 10.6. The zero-order valence-corrected chi connectivity index (χ0v) is 12.5. The highest BCUT2D eigenvalue weighted by atomic mass is 35.5. The van der Waals surface area contributed by atoms with Crippen LogP contribution in [0.4, 0.5) is 0 Å². The highest BCUT2D eigenvalue weighted by Crippen LogP contribution is 2.22. The summed E-state index contributed by atoms with van der Waals surface area (Å²) in [5.41, 5.74) is 3.20. The van der Waals surface area contributed by atoms with Gasteiger partial charge in [0.25, 0.3) is 5.91 Å². The Bertz CT molecular complexity index is 665. The molecule has 110 valence electrons. The summed E-state index contributed by atoms with van der Waals surface area (Å²) in [5.74, 6) is 1.63. The molecule has 0 aliphatic carbocycles. The summed E-state index contributed by atoms with van der Waals surface area (Å²) in [6.07, 6.45) is 1.53. The number of rotatable bonds is 5. The van der Waals surface area contributed by atoms with Gasteiger partial charge in [0.2, 0.25) is 0 Å². The fraction of sp³-hybridized carbons (Fsp3) is 0.200. The maximum absolute atomic E-state index is 11.6. The van der Waals surface area contributed by atoms with Crippen LogP contribution in [0.5, 0.6) is 5.75 Å². The standard InChI is InChI=1S/C15H15ClN2O3/c1-10-7-12(11(2)21-10)8-17-18-15(19)9-20-14-6-4-3-5-13(14)16/h3-8H,9H2,1-2H3,(H,18,19)/b17-8-. The SMILES string of the molecule is Cc1cc(/C=N\NC(=O)COc2ccccc2Cl)c(C)o1. The van der Waals surface area contributed by atoms with Crippen molar-refractivity contribution in [3.8, 4) is 5.75 Å². The topological polar surface area (TPSA) is 63.8 Å². The zero-order valence-electron chi connectivity index (χ0n) is 11.7. The number of furan rings is 1. The fourth-order valence-electron chi connectivity index (χ4n) is 1.69. The monoisotopic (exact) mass is 306 g/mol. The maximum atomic E-state index is 11.6. The average Bonchev–Trinajstić information content (AvgIpc) is 2.76. The number of nitrogens with one attached hydrogen (secondary N) is 1. The van der Waals surface area contributed by atoms with Crippen LogP contribution in [-0.2, 0) is 4.79 Å². The second-order valence-electron chi connectivity index (χ2n) is 4.38. The number of benzene rings is 1. The lowest BCUT2D eigenvalue weighted by atomic mass is 10.3. The molecule has 1 aromatic carbocycles. The van der Waals surface area contributed by atoms with E-state index in [9.17, 15) is 4.79 Å². The molecule has 0 bridgehead atoms. The van der Waals surface area contributed by atoms with Crippen LogP contribution in [0.25, 0.3) is 0 Å². The number of hydrazone groups is 1. The molecule has 5 nitrogen and oxygen atoms in total. The predicted molar refractivity (Wildman–Crippen MR) is 80.9 cm³/mol. The number of hydrogen-bond acceptors (Lipinski definition) is 4. The van der Waals surface area contributed by atoms with Gasteiger partial charge in [0, 0.05) is 5.56 Å². The van der Waals surface area contributed by atoms with E-state index in [4.69, 9.17) is 20.8 Å². The lowest BCUT2D eigenvalue weighted by Crippen LogP contribution is -2.24. The van der Waals surface area contributed by atoms with Gasteiger partial charge in [-0.15, -0.1) is 0 Å². The van der Waals surface area contributed by atoms with E-state index in [0.29, 0.717) is 10.8 Å². The summed E-state index contributed by atoms with van der Waals surface area (Å²) in [6.45, 7) is 3.52. The Kier molecular flexibility index (Phi) is 5.00. The molecule has 0 saturated carbocycles. The first-order valence-electron chi connectivity index (χ1n) is 6.32. The Balaban J connectivity index is 1.83. The van der Waals surface area contributed by atoms with Gasteiger partial charge in [-0.1, -0.05) is 23.7 Å². The Morgan fingerprint density at radius 2 is 2.19 bits per heavy atom. The Morgan fingerprint density at radius 3 is 2.86 bits per heavy atom. The molecular formula is C15H15ClN2O3. The van der Waals surface area contributed by atoms with Gasteiger partial charge < -0.3 is 9.15 Å². The van der Waals surface area contributed by atoms with Crippen molar-refractivity contribution in [1.82, 2.24) is 5.43 Å². The maximum Gasteiger partial charge on any atom is 0.277 e. The minimum Gasteiger partial charge on any atom is -0.482 e. The lowest BCUT2D eigenvalue weighted by molar-refractivity contribution is -0.123. The van der Waals surface area contributed by atoms with E-state index >= 15 is 0 Å². The van der Waals surface area contributed by atoms with E-state index in [1.54, 1.807) is 24.3 Å². The first-order valence-corrected chi connectivity index (χ1v) is 6.70. The van der Waals surface area contributed by atoms with E-state index < -0.39 is 0 Å². The molecule has 0 atom stereocenters. The van der Waals surface area contributed by atoms with Crippen LogP contribution in [0, 0.1) is 13.8 Å². The van der Waals surface area contributed by atoms with Crippen molar-refractivity contribution in [2.75, 3.05) is 6.61 Å². The second kappa shape index (κ2) is 6.95. The van der Waals surface area contributed by atoms with Gasteiger partial charge >= 0.3 is 0 Å². The van der Waals surface area contributed by atoms with Gasteiger partial charge in [-0.3, -0.25) is 4.79 Å². The van der Waals surface area contributed by atoms with Crippen LogP contribution in [0.3, 0.4) is 0 Å². The molecule has 1 heterocycles. The van der Waals surface area contributed by atoms with Crippen LogP contribution < -0.4 is 10.2 Å². The molecule has 2 rings (SSSR count). The minimum absolute atomic E-state index is 0.162. The Labute approximate surface area is 127 Å². The molecular weight excluding hydrogens is 292 g/mol. The van der Waals surface area contributed by atoms with E-state index in [-0.39, 0.29) is 12.5 Å². The van der Waals surface area contributed by atoms with Crippen molar-refractivity contribution in [3.05, 3.63) is 52.4 Å². The predicted octanol–water partition coefficient (Wildman–Crippen LogP) is 3.08. The number of nitrogens with zero attached hydrogens (tertiary/aromatic N) is 1. The molecule has 0 aliphatic rings. The summed E-state index contributed by atoms with van der Waals surface area (Å²) in [5, 5.41) is 4.31. The molecule has 0 unspecified atom stereocenters. The summed E-state index contributed by atoms with van der Waals surface area (Å²) in [7, 11) is 0. The fourth-order valence-corrected chi connectivity index (χ4v) is 1.88. The van der Waals surface area contributed by atoms with Crippen LogP contribution in [-0.4, -0.2) is 18.7 Å². The highest BCUT2D eigenvalue weighted by Gasteiger charge is 2.05. The third-order valence-corrected chi connectivity index (χ3v) is 2.98. The van der Waals surface area contributed by atoms with Crippen LogP contribution >= 0.6 is 11.6 Å². The molecule has 2 aromatic rings. The smallest absolute Gasteiger partial charge is 0.277 e. The van der Waals surface area contributed by atoms with Gasteiger partial charge in [0.1, 0.15) is 17.3 Å². The largest absolute Gasteiger partial charge is 0.482 e. The number of para-hydroxylation sites is 1. The van der Waals surface area contributed by atoms with Crippen LogP contribution in [0.1, 0.15) is 17.1 Å². The van der Waals surface area contributed by atoms with Crippen molar-refractivity contribution >= 4 is 23.7 Å². The van der Waals surface area contributed by atoms with Crippen molar-refractivity contribution in [2.24, 2.45) is 5.10 Å². The van der Waals surface area contributed by atoms with Gasteiger partial charge in [0.05, 0.1) is 11.2 Å². The van der Waals surface area contributed by atoms with Gasteiger partial charge in [-0.05, 0) is 32.0 Å². The van der Waals surface area contributed by atoms with Crippen molar-refractivity contribution in [3.63, 3.8) is 0 Å². The third kappa shape index (κ3) is 4.36. The number of carbonyl (C=O) groups excluding carboxylic acids is 1. The first-order chi connectivity index (χ1) is 10.1. The number of aryl methyl sites for hydroxylation is 2. The highest BCUT2D eigenvalue weighted by molar-refractivity contribution is 6.32. The Morgan fingerprint density at radius 1 is 1.43 bits per heavy atom. The normalized spacial score (nSPS) is 10.8. The molecule has 1 N–H and O–H groups in total. The van der Waals surface area contributed by atoms with E-state index in [1.807, 2.05) is 19.9 Å². The molecule has 0 saturated heterocycles. The van der Waals surface area contributed by atoms with E-state index in [1.165, 1.54) is 6.21 Å². The van der Waals surface area contributed by atoms with Crippen LogP contribution in [0.15, 0.2) is 39.9 Å². The average molecular weight is 307 g/mol. The van der Waals surface area contributed by atoms with Crippen LogP contribution in [0.2, 0.25) is 5.02 Å². The van der Waals surface area contributed by atoms with Gasteiger partial charge in [-0.25, -0.2) is 5.43 Å². The molecule has 1 amide bonds. The third-order valence-electron chi connectivity index (χ3n) is 2.67. The number of halogens is 1. The minimum atomic E-state index is -0.371. The van der Waals surface area contributed by atoms with Gasteiger partial charge in [-0.2, -0.15) is 5.10 Å². The first kappa shape index (κ1) is 15.1. The molecule has 0 aliphatic heterocycles. The molecule has 21 heavy (non-hydrogen) atoms. The number of carbonyl (C=O) groups is 1. The Hall–Kier alpha value is -2.27. The molecule has 0 fully saturated rings. The molecule has 6 heteroatoms. The van der Waals surface area contributed by atoms with E-state index in [0.717, 1.165) is 17.1 Å². The second-order valence-corrected chi connectivity index (χ2v) is 4.79. The number of hydrogen-bond donors (Lipinski definition) is 1. The lowest BCUT2D eigenvalue weighted by Gasteiger charge is -2.06. The van der Waals surface area contributed by atoms with Crippen molar-refractivity contribution < 1.29 is 13.9 Å². The van der Waals surface area contributed by atoms with Gasteiger partial charge in [0.15, 0.2) is 6.61 Å². The molecule has 1 aromatic heterocycles. The number of amides is 1. The molecule has 0 spiro atoms. The van der Waals surface area contributed by atoms with Crippen molar-refractivity contribution in [2.45, 2.75) is 13.8 Å². The summed E-state index contributed by atoms with van der Waals surface area (Å²) in [6, 6.07) is 8.79. The zero-order chi connectivity index (χ0) is 15.2. The summed E-state index contributed by atoms with van der Waals surface area (Å²) >= 11 is 5.92. The molecule has 0 radical (unpaired) electrons.